The Bertz CT molecular complexity index is 318. The Kier molecular flexibility index (Phi) is 5.80. The second-order valence-corrected chi connectivity index (χ2v) is 4.59. The highest BCUT2D eigenvalue weighted by Crippen LogP contribution is 2.19. The standard InChI is InChI=1S/C11H14F3NOS/c12-11(13,14)10(16)8-15-6-7-17-9-4-2-1-3-5-9/h1-5,10,15-16H,6-8H2. The number of hydrogen-bond donors (Lipinski definition) is 2. The van der Waals surface area contributed by atoms with Gasteiger partial charge in [0.15, 0.2) is 6.10 Å². The summed E-state index contributed by atoms with van der Waals surface area (Å²) in [5.74, 6) is 0.661. The fourth-order valence-corrected chi connectivity index (χ4v) is 1.94. The van der Waals surface area contributed by atoms with Gasteiger partial charge in [0, 0.05) is 23.7 Å². The second-order valence-electron chi connectivity index (χ2n) is 3.42. The van der Waals surface area contributed by atoms with Gasteiger partial charge in [0.2, 0.25) is 0 Å². The van der Waals surface area contributed by atoms with E-state index in [1.54, 1.807) is 11.8 Å². The first kappa shape index (κ1) is 14.3. The SMILES string of the molecule is OC(CNCCSc1ccccc1)C(F)(F)F. The van der Waals surface area contributed by atoms with Crippen molar-refractivity contribution >= 4 is 11.8 Å². The molecule has 0 aliphatic rings. The van der Waals surface area contributed by atoms with E-state index in [1.165, 1.54) is 0 Å². The van der Waals surface area contributed by atoms with Gasteiger partial charge in [-0.2, -0.15) is 13.2 Å². The van der Waals surface area contributed by atoms with Crippen molar-refractivity contribution in [3.8, 4) is 0 Å². The second kappa shape index (κ2) is 6.88. The van der Waals surface area contributed by atoms with Crippen LogP contribution < -0.4 is 5.32 Å². The predicted octanol–water partition coefficient (Wildman–Crippen LogP) is 2.29. The van der Waals surface area contributed by atoms with E-state index in [2.05, 4.69) is 5.32 Å². The van der Waals surface area contributed by atoms with Gasteiger partial charge in [-0.1, -0.05) is 18.2 Å². The number of halogens is 3. The van der Waals surface area contributed by atoms with Gasteiger partial charge >= 0.3 is 6.18 Å². The molecule has 0 aromatic heterocycles. The molecule has 0 heterocycles. The highest BCUT2D eigenvalue weighted by Gasteiger charge is 2.37. The maximum absolute atomic E-state index is 11.9. The van der Waals surface area contributed by atoms with Gasteiger partial charge in [0.25, 0.3) is 0 Å². The number of alkyl halides is 3. The topological polar surface area (TPSA) is 32.3 Å². The van der Waals surface area contributed by atoms with Crippen molar-refractivity contribution in [2.24, 2.45) is 0 Å². The van der Waals surface area contributed by atoms with Crippen LogP contribution in [0.1, 0.15) is 0 Å². The van der Waals surface area contributed by atoms with Crippen LogP contribution in [-0.4, -0.2) is 36.2 Å². The third-order valence-electron chi connectivity index (χ3n) is 2.01. The summed E-state index contributed by atoms with van der Waals surface area (Å²) in [7, 11) is 0. The average molecular weight is 265 g/mol. The highest BCUT2D eigenvalue weighted by molar-refractivity contribution is 7.99. The number of thioether (sulfide) groups is 1. The molecule has 0 fully saturated rings. The van der Waals surface area contributed by atoms with Gasteiger partial charge in [-0.25, -0.2) is 0 Å². The molecule has 0 saturated heterocycles. The van der Waals surface area contributed by atoms with E-state index in [9.17, 15) is 13.2 Å². The number of hydrogen-bond acceptors (Lipinski definition) is 3. The molecule has 1 unspecified atom stereocenters. The minimum Gasteiger partial charge on any atom is -0.382 e. The van der Waals surface area contributed by atoms with Gasteiger partial charge in [-0.05, 0) is 12.1 Å². The minimum absolute atomic E-state index is 0.423. The summed E-state index contributed by atoms with van der Waals surface area (Å²) < 4.78 is 35.8. The lowest BCUT2D eigenvalue weighted by molar-refractivity contribution is -0.201. The summed E-state index contributed by atoms with van der Waals surface area (Å²) in [6.45, 7) is -0.0362. The van der Waals surface area contributed by atoms with Crippen molar-refractivity contribution in [1.82, 2.24) is 5.32 Å². The van der Waals surface area contributed by atoms with Crippen molar-refractivity contribution in [2.45, 2.75) is 17.2 Å². The van der Waals surface area contributed by atoms with E-state index in [0.717, 1.165) is 4.90 Å². The van der Waals surface area contributed by atoms with Crippen LogP contribution in [-0.2, 0) is 0 Å². The Morgan fingerprint density at radius 3 is 2.47 bits per heavy atom. The lowest BCUT2D eigenvalue weighted by atomic mass is 10.3. The van der Waals surface area contributed by atoms with Gasteiger partial charge in [0.05, 0.1) is 0 Å². The minimum atomic E-state index is -4.54. The molecule has 96 valence electrons. The normalized spacial score (nSPS) is 13.6. The summed E-state index contributed by atoms with van der Waals surface area (Å²) in [5, 5.41) is 11.3. The van der Waals surface area contributed by atoms with Gasteiger partial charge in [-0.15, -0.1) is 11.8 Å². The van der Waals surface area contributed by atoms with Crippen molar-refractivity contribution in [3.63, 3.8) is 0 Å². The van der Waals surface area contributed by atoms with E-state index in [0.29, 0.717) is 12.3 Å². The molecule has 0 radical (unpaired) electrons. The maximum Gasteiger partial charge on any atom is 0.415 e. The molecular formula is C11H14F3NOS. The zero-order valence-electron chi connectivity index (χ0n) is 9.07. The molecule has 0 amide bonds. The lowest BCUT2D eigenvalue weighted by Gasteiger charge is -2.14. The fourth-order valence-electron chi connectivity index (χ4n) is 1.11. The summed E-state index contributed by atoms with van der Waals surface area (Å²) in [5.41, 5.74) is 0. The molecule has 1 aromatic rings. The molecule has 0 aliphatic heterocycles. The van der Waals surface area contributed by atoms with Crippen molar-refractivity contribution in [3.05, 3.63) is 30.3 Å². The molecule has 1 aromatic carbocycles. The first-order chi connectivity index (χ1) is 8.00. The fraction of sp³-hybridized carbons (Fsp3) is 0.455. The van der Waals surface area contributed by atoms with E-state index in [1.807, 2.05) is 30.3 Å². The number of benzene rings is 1. The van der Waals surface area contributed by atoms with Crippen molar-refractivity contribution in [1.29, 1.82) is 0 Å². The number of aliphatic hydroxyl groups is 1. The maximum atomic E-state index is 11.9. The van der Waals surface area contributed by atoms with Crippen LogP contribution in [0.25, 0.3) is 0 Å². The van der Waals surface area contributed by atoms with Crippen LogP contribution in [0.15, 0.2) is 35.2 Å². The summed E-state index contributed by atoms with van der Waals surface area (Å²) >= 11 is 1.55. The van der Waals surface area contributed by atoms with Crippen molar-refractivity contribution in [2.75, 3.05) is 18.8 Å². The van der Waals surface area contributed by atoms with E-state index in [-0.39, 0.29) is 0 Å². The zero-order valence-corrected chi connectivity index (χ0v) is 9.89. The smallest absolute Gasteiger partial charge is 0.382 e. The molecule has 2 nitrogen and oxygen atoms in total. The van der Waals surface area contributed by atoms with Crippen molar-refractivity contribution < 1.29 is 18.3 Å². The third-order valence-corrected chi connectivity index (χ3v) is 3.02. The molecule has 0 bridgehead atoms. The Morgan fingerprint density at radius 2 is 1.88 bits per heavy atom. The molecule has 1 rings (SSSR count). The van der Waals surface area contributed by atoms with Crippen LogP contribution in [0.3, 0.4) is 0 Å². The van der Waals surface area contributed by atoms with Crippen LogP contribution in [0.5, 0.6) is 0 Å². The Labute approximate surface area is 102 Å². The Hall–Kier alpha value is -0.720. The Balaban J connectivity index is 2.09. The number of aliphatic hydroxyl groups excluding tert-OH is 1. The summed E-state index contributed by atoms with van der Waals surface area (Å²) in [6.07, 6.45) is -6.83. The number of nitrogens with one attached hydrogen (secondary N) is 1. The van der Waals surface area contributed by atoms with Gasteiger partial charge in [0.1, 0.15) is 0 Å². The molecule has 1 atom stereocenters. The van der Waals surface area contributed by atoms with Crippen LogP contribution in [0.4, 0.5) is 13.2 Å². The number of rotatable bonds is 6. The molecule has 0 spiro atoms. The zero-order chi connectivity index (χ0) is 12.7. The molecular weight excluding hydrogens is 251 g/mol. The monoisotopic (exact) mass is 265 g/mol. The van der Waals surface area contributed by atoms with Crippen LogP contribution in [0.2, 0.25) is 0 Å². The molecule has 6 heteroatoms. The largest absolute Gasteiger partial charge is 0.415 e. The molecule has 2 N–H and O–H groups in total. The first-order valence-electron chi connectivity index (χ1n) is 5.13. The van der Waals surface area contributed by atoms with E-state index >= 15 is 0 Å². The lowest BCUT2D eigenvalue weighted by Crippen LogP contribution is -2.39. The van der Waals surface area contributed by atoms with Gasteiger partial charge in [-0.3, -0.25) is 0 Å². The Morgan fingerprint density at radius 1 is 1.24 bits per heavy atom. The summed E-state index contributed by atoms with van der Waals surface area (Å²) in [6, 6.07) is 9.60. The average Bonchev–Trinajstić information content (AvgIpc) is 2.28. The molecule has 17 heavy (non-hydrogen) atoms. The van der Waals surface area contributed by atoms with Crippen LogP contribution in [0, 0.1) is 0 Å². The third kappa shape index (κ3) is 5.95. The first-order valence-corrected chi connectivity index (χ1v) is 6.12. The van der Waals surface area contributed by atoms with Gasteiger partial charge < -0.3 is 10.4 Å². The predicted molar refractivity (Wildman–Crippen MR) is 62.1 cm³/mol. The summed E-state index contributed by atoms with van der Waals surface area (Å²) in [4.78, 5) is 1.07. The molecule has 0 aliphatic carbocycles. The highest BCUT2D eigenvalue weighted by atomic mass is 32.2. The van der Waals surface area contributed by atoms with E-state index < -0.39 is 18.8 Å². The van der Waals surface area contributed by atoms with E-state index in [4.69, 9.17) is 5.11 Å². The van der Waals surface area contributed by atoms with Crippen LogP contribution >= 0.6 is 11.8 Å². The molecule has 0 saturated carbocycles. The quantitative estimate of drug-likeness (QED) is 0.611.